The first-order valence-corrected chi connectivity index (χ1v) is 8.76. The molecular formula is C22H20FNO4. The highest BCUT2D eigenvalue weighted by Gasteiger charge is 2.19. The van der Waals surface area contributed by atoms with E-state index in [1.807, 2.05) is 0 Å². The molecule has 0 saturated carbocycles. The fourth-order valence-electron chi connectivity index (χ4n) is 3.09. The van der Waals surface area contributed by atoms with Gasteiger partial charge in [-0.1, -0.05) is 24.3 Å². The number of ether oxygens (including phenoxy) is 1. The fourth-order valence-corrected chi connectivity index (χ4v) is 3.09. The van der Waals surface area contributed by atoms with Crippen molar-refractivity contribution < 1.29 is 23.8 Å². The van der Waals surface area contributed by atoms with Crippen LogP contribution in [0.4, 0.5) is 4.39 Å². The molecule has 0 bridgehead atoms. The van der Waals surface area contributed by atoms with Crippen molar-refractivity contribution in [3.05, 3.63) is 88.5 Å². The summed E-state index contributed by atoms with van der Waals surface area (Å²) in [6, 6.07) is 14.3. The maximum Gasteiger partial charge on any atom is 0.338 e. The first-order valence-electron chi connectivity index (χ1n) is 8.76. The van der Waals surface area contributed by atoms with E-state index in [9.17, 15) is 14.0 Å². The maximum atomic E-state index is 14.2. The van der Waals surface area contributed by atoms with Crippen LogP contribution in [0.1, 0.15) is 37.7 Å². The van der Waals surface area contributed by atoms with Crippen molar-refractivity contribution in [3.8, 4) is 5.69 Å². The van der Waals surface area contributed by atoms with Crippen LogP contribution in [0, 0.1) is 19.7 Å². The number of para-hydroxylation sites is 1. The number of Topliss-reactive ketones (excluding diaryl/α,β-unsaturated/α-hetero) is 1. The van der Waals surface area contributed by atoms with Gasteiger partial charge in [-0.3, -0.25) is 4.79 Å². The van der Waals surface area contributed by atoms with Crippen LogP contribution in [0.5, 0.6) is 0 Å². The molecule has 0 aliphatic heterocycles. The van der Waals surface area contributed by atoms with Crippen molar-refractivity contribution >= 4 is 11.8 Å². The molecule has 0 atom stereocenters. The molecule has 6 heteroatoms. The molecule has 0 radical (unpaired) electrons. The third kappa shape index (κ3) is 3.87. The van der Waals surface area contributed by atoms with E-state index in [1.165, 1.54) is 18.2 Å². The molecule has 1 heterocycles. The van der Waals surface area contributed by atoms with Gasteiger partial charge >= 0.3 is 5.97 Å². The van der Waals surface area contributed by atoms with Crippen LogP contribution in [0.3, 0.4) is 0 Å². The molecule has 3 aromatic rings. The van der Waals surface area contributed by atoms with E-state index < -0.39 is 12.6 Å². The highest BCUT2D eigenvalue weighted by atomic mass is 19.1. The number of carbonyl (C=O) groups is 2. The number of hydrogen-bond donors (Lipinski definition) is 1. The van der Waals surface area contributed by atoms with Crippen molar-refractivity contribution in [1.82, 2.24) is 4.57 Å². The Bertz CT molecular complexity index is 1020. The predicted octanol–water partition coefficient (Wildman–Crippen LogP) is 3.77. The largest absolute Gasteiger partial charge is 0.454 e. The summed E-state index contributed by atoms with van der Waals surface area (Å²) in [7, 11) is 0. The molecule has 0 aliphatic rings. The molecule has 1 aromatic heterocycles. The summed E-state index contributed by atoms with van der Waals surface area (Å²) < 4.78 is 20.9. The fraction of sp³-hybridized carbons (Fsp3) is 0.182. The van der Waals surface area contributed by atoms with Crippen LogP contribution in [-0.2, 0) is 11.3 Å². The molecule has 5 nitrogen and oxygen atoms in total. The lowest BCUT2D eigenvalue weighted by Gasteiger charge is -2.11. The molecule has 2 aromatic carbocycles. The highest BCUT2D eigenvalue weighted by Crippen LogP contribution is 2.23. The molecular weight excluding hydrogens is 361 g/mol. The number of benzene rings is 2. The number of aromatic nitrogens is 1. The molecule has 0 saturated heterocycles. The number of rotatable bonds is 6. The van der Waals surface area contributed by atoms with Crippen LogP contribution in [0.25, 0.3) is 5.69 Å². The van der Waals surface area contributed by atoms with Crippen molar-refractivity contribution in [1.29, 1.82) is 0 Å². The van der Waals surface area contributed by atoms with Gasteiger partial charge in [-0.05, 0) is 49.7 Å². The van der Waals surface area contributed by atoms with Gasteiger partial charge in [-0.15, -0.1) is 0 Å². The Morgan fingerprint density at radius 1 is 1.07 bits per heavy atom. The van der Waals surface area contributed by atoms with Gasteiger partial charge < -0.3 is 14.4 Å². The standard InChI is InChI=1S/C22H20FNO4/c1-14-11-18(15(2)24(14)20-6-4-3-5-19(20)23)21(26)13-28-22(27)17-9-7-16(12-25)8-10-17/h3-11,25H,12-13H2,1-2H3. The van der Waals surface area contributed by atoms with E-state index >= 15 is 0 Å². The molecule has 0 fully saturated rings. The lowest BCUT2D eigenvalue weighted by atomic mass is 10.1. The molecule has 0 unspecified atom stereocenters. The Morgan fingerprint density at radius 2 is 1.75 bits per heavy atom. The SMILES string of the molecule is Cc1cc(C(=O)COC(=O)c2ccc(CO)cc2)c(C)n1-c1ccccc1F. The summed E-state index contributed by atoms with van der Waals surface area (Å²) in [6.07, 6.45) is 0. The summed E-state index contributed by atoms with van der Waals surface area (Å²) in [6.45, 7) is 2.97. The second-order valence-corrected chi connectivity index (χ2v) is 6.43. The van der Waals surface area contributed by atoms with Gasteiger partial charge in [0.05, 0.1) is 17.9 Å². The number of hydrogen-bond acceptors (Lipinski definition) is 4. The van der Waals surface area contributed by atoms with Crippen LogP contribution >= 0.6 is 0 Å². The summed E-state index contributed by atoms with van der Waals surface area (Å²) in [5.41, 5.74) is 2.99. The third-order valence-electron chi connectivity index (χ3n) is 4.53. The van der Waals surface area contributed by atoms with Crippen molar-refractivity contribution in [2.24, 2.45) is 0 Å². The van der Waals surface area contributed by atoms with Crippen molar-refractivity contribution in [3.63, 3.8) is 0 Å². The number of halogens is 1. The number of ketones is 1. The van der Waals surface area contributed by atoms with Crippen LogP contribution in [-0.4, -0.2) is 28.0 Å². The third-order valence-corrected chi connectivity index (χ3v) is 4.53. The van der Waals surface area contributed by atoms with Crippen molar-refractivity contribution in [2.75, 3.05) is 6.61 Å². The predicted molar refractivity (Wildman–Crippen MR) is 102 cm³/mol. The van der Waals surface area contributed by atoms with Gasteiger partial charge in [0.25, 0.3) is 0 Å². The smallest absolute Gasteiger partial charge is 0.338 e. The number of aryl methyl sites for hydroxylation is 1. The minimum Gasteiger partial charge on any atom is -0.454 e. The minimum absolute atomic E-state index is 0.120. The van der Waals surface area contributed by atoms with Gasteiger partial charge in [-0.2, -0.15) is 0 Å². The van der Waals surface area contributed by atoms with E-state index in [4.69, 9.17) is 9.84 Å². The summed E-state index contributed by atoms with van der Waals surface area (Å²) in [5.74, 6) is -1.38. The quantitative estimate of drug-likeness (QED) is 0.521. The zero-order valence-electron chi connectivity index (χ0n) is 15.6. The molecule has 0 amide bonds. The topological polar surface area (TPSA) is 68.5 Å². The lowest BCUT2D eigenvalue weighted by Crippen LogP contribution is -2.15. The molecule has 1 N–H and O–H groups in total. The van der Waals surface area contributed by atoms with Crippen LogP contribution < -0.4 is 0 Å². The second kappa shape index (κ2) is 8.19. The first kappa shape index (κ1) is 19.5. The minimum atomic E-state index is -0.624. The Hall–Kier alpha value is -3.25. The van der Waals surface area contributed by atoms with E-state index in [0.29, 0.717) is 33.8 Å². The highest BCUT2D eigenvalue weighted by molar-refractivity contribution is 6.00. The maximum absolute atomic E-state index is 14.2. The number of aliphatic hydroxyl groups is 1. The Morgan fingerprint density at radius 3 is 2.39 bits per heavy atom. The van der Waals surface area contributed by atoms with Gasteiger partial charge in [0.2, 0.25) is 5.78 Å². The number of nitrogens with zero attached hydrogens (tertiary/aromatic N) is 1. The van der Waals surface area contributed by atoms with Gasteiger partial charge in [0.15, 0.2) is 6.61 Å². The monoisotopic (exact) mass is 381 g/mol. The second-order valence-electron chi connectivity index (χ2n) is 6.43. The first-order chi connectivity index (χ1) is 13.4. The van der Waals surface area contributed by atoms with Gasteiger partial charge in [-0.25, -0.2) is 9.18 Å². The molecule has 0 spiro atoms. The van der Waals surface area contributed by atoms with E-state index in [-0.39, 0.29) is 18.2 Å². The summed E-state index contributed by atoms with van der Waals surface area (Å²) >= 11 is 0. The zero-order chi connectivity index (χ0) is 20.3. The number of esters is 1. The normalized spacial score (nSPS) is 10.7. The van der Waals surface area contributed by atoms with E-state index in [0.717, 1.165) is 0 Å². The Balaban J connectivity index is 1.75. The Kier molecular flexibility index (Phi) is 5.70. The summed E-state index contributed by atoms with van der Waals surface area (Å²) in [4.78, 5) is 24.7. The molecule has 28 heavy (non-hydrogen) atoms. The Labute approximate surface area is 162 Å². The van der Waals surface area contributed by atoms with Crippen molar-refractivity contribution in [2.45, 2.75) is 20.5 Å². The average molecular weight is 381 g/mol. The zero-order valence-corrected chi connectivity index (χ0v) is 15.6. The molecule has 3 rings (SSSR count). The van der Waals surface area contributed by atoms with Gasteiger partial charge in [0, 0.05) is 17.0 Å². The van der Waals surface area contributed by atoms with Gasteiger partial charge in [0.1, 0.15) is 5.82 Å². The lowest BCUT2D eigenvalue weighted by molar-refractivity contribution is 0.0474. The van der Waals surface area contributed by atoms with Crippen LogP contribution in [0.15, 0.2) is 54.6 Å². The average Bonchev–Trinajstić information content (AvgIpc) is 3.00. The summed E-state index contributed by atoms with van der Waals surface area (Å²) in [5, 5.41) is 9.03. The molecule has 0 aliphatic carbocycles. The van der Waals surface area contributed by atoms with E-state index in [2.05, 4.69) is 0 Å². The van der Waals surface area contributed by atoms with Crippen LogP contribution in [0.2, 0.25) is 0 Å². The number of aliphatic hydroxyl groups excluding tert-OH is 1. The van der Waals surface area contributed by atoms with E-state index in [1.54, 1.807) is 54.8 Å². The number of carbonyl (C=O) groups excluding carboxylic acids is 2. The molecule has 144 valence electrons.